The number of nitrogens with zero attached hydrogens (tertiary/aromatic N) is 2. The predicted molar refractivity (Wildman–Crippen MR) is 95.3 cm³/mol. The van der Waals surface area contributed by atoms with Crippen molar-refractivity contribution >= 4 is 5.91 Å². The van der Waals surface area contributed by atoms with Crippen LogP contribution < -0.4 is 14.8 Å². The average Bonchev–Trinajstić information content (AvgIpc) is 3.41. The molecule has 1 atom stereocenters. The van der Waals surface area contributed by atoms with Gasteiger partial charge in [-0.15, -0.1) is 0 Å². The molecule has 1 aromatic carbocycles. The van der Waals surface area contributed by atoms with E-state index in [1.54, 1.807) is 32.4 Å². The van der Waals surface area contributed by atoms with E-state index in [1.807, 2.05) is 6.92 Å². The standard InChI is InChI=1S/C19H23F2N3O3/c1-11(14-8-13(26-2)6-7-17(14)27-3)22-18(25)10-24-16(12-4-5-12)9-15(23-24)19(20)21/h6-9,11-12,19H,4-5,10H2,1-3H3,(H,22,25). The Hall–Kier alpha value is -2.64. The molecule has 0 spiro atoms. The molecule has 0 radical (unpaired) electrons. The maximum absolute atomic E-state index is 13.0. The number of carbonyl (C=O) groups is 1. The summed E-state index contributed by atoms with van der Waals surface area (Å²) in [5.41, 5.74) is 1.18. The summed E-state index contributed by atoms with van der Waals surface area (Å²) in [6.07, 6.45) is -0.771. The Morgan fingerprint density at radius 1 is 1.30 bits per heavy atom. The molecule has 8 heteroatoms. The van der Waals surface area contributed by atoms with Gasteiger partial charge >= 0.3 is 0 Å². The molecule has 1 saturated carbocycles. The molecular weight excluding hydrogens is 356 g/mol. The molecule has 1 heterocycles. The SMILES string of the molecule is COc1ccc(OC)c(C(C)NC(=O)Cn2nc(C(F)F)cc2C2CC2)c1. The van der Waals surface area contributed by atoms with Crippen LogP contribution in [0.25, 0.3) is 0 Å². The smallest absolute Gasteiger partial charge is 0.282 e. The molecule has 6 nitrogen and oxygen atoms in total. The van der Waals surface area contributed by atoms with E-state index in [1.165, 1.54) is 10.7 Å². The zero-order valence-electron chi connectivity index (χ0n) is 15.5. The van der Waals surface area contributed by atoms with Gasteiger partial charge in [0.2, 0.25) is 5.91 Å². The number of nitrogens with one attached hydrogen (secondary N) is 1. The summed E-state index contributed by atoms with van der Waals surface area (Å²) in [4.78, 5) is 12.5. The zero-order chi connectivity index (χ0) is 19.6. The zero-order valence-corrected chi connectivity index (χ0v) is 15.5. The van der Waals surface area contributed by atoms with Crippen molar-refractivity contribution in [2.75, 3.05) is 14.2 Å². The van der Waals surface area contributed by atoms with Gasteiger partial charge in [0.05, 0.1) is 20.3 Å². The van der Waals surface area contributed by atoms with E-state index in [0.717, 1.165) is 18.4 Å². The number of carbonyl (C=O) groups excluding carboxylic acids is 1. The number of halogens is 2. The fraction of sp³-hybridized carbons (Fsp3) is 0.474. The number of methoxy groups -OCH3 is 2. The minimum Gasteiger partial charge on any atom is -0.497 e. The monoisotopic (exact) mass is 379 g/mol. The van der Waals surface area contributed by atoms with Gasteiger partial charge in [0.1, 0.15) is 23.7 Å². The van der Waals surface area contributed by atoms with E-state index in [9.17, 15) is 13.6 Å². The second-order valence-corrected chi connectivity index (χ2v) is 6.62. The molecule has 1 aromatic heterocycles. The first-order chi connectivity index (χ1) is 12.9. The molecule has 1 unspecified atom stereocenters. The van der Waals surface area contributed by atoms with Crippen LogP contribution >= 0.6 is 0 Å². The van der Waals surface area contributed by atoms with Crippen molar-refractivity contribution in [2.24, 2.45) is 0 Å². The van der Waals surface area contributed by atoms with Crippen molar-refractivity contribution in [3.63, 3.8) is 0 Å². The van der Waals surface area contributed by atoms with Crippen LogP contribution in [0.5, 0.6) is 11.5 Å². The summed E-state index contributed by atoms with van der Waals surface area (Å²) < 4.78 is 37.9. The summed E-state index contributed by atoms with van der Waals surface area (Å²) in [5.74, 6) is 1.19. The molecule has 0 aliphatic heterocycles. The van der Waals surface area contributed by atoms with Crippen molar-refractivity contribution in [1.82, 2.24) is 15.1 Å². The third-order valence-electron chi connectivity index (χ3n) is 4.62. The molecular formula is C19H23F2N3O3. The van der Waals surface area contributed by atoms with Gasteiger partial charge in [-0.25, -0.2) is 8.78 Å². The molecule has 1 aliphatic rings. The van der Waals surface area contributed by atoms with Crippen molar-refractivity contribution in [1.29, 1.82) is 0 Å². The number of hydrogen-bond acceptors (Lipinski definition) is 4. The molecule has 3 rings (SSSR count). The Morgan fingerprint density at radius 2 is 2.04 bits per heavy atom. The van der Waals surface area contributed by atoms with E-state index in [-0.39, 0.29) is 30.1 Å². The Morgan fingerprint density at radius 3 is 2.63 bits per heavy atom. The van der Waals surface area contributed by atoms with Crippen molar-refractivity contribution < 1.29 is 23.0 Å². The van der Waals surface area contributed by atoms with Crippen LogP contribution in [0.1, 0.15) is 55.1 Å². The van der Waals surface area contributed by atoms with Gasteiger partial charge in [-0.3, -0.25) is 9.48 Å². The maximum Gasteiger partial charge on any atom is 0.282 e. The van der Waals surface area contributed by atoms with Gasteiger partial charge < -0.3 is 14.8 Å². The number of amides is 1. The van der Waals surface area contributed by atoms with E-state index >= 15 is 0 Å². The van der Waals surface area contributed by atoms with Crippen LogP contribution in [0.4, 0.5) is 8.78 Å². The maximum atomic E-state index is 13.0. The lowest BCUT2D eigenvalue weighted by Gasteiger charge is -2.18. The van der Waals surface area contributed by atoms with Crippen LogP contribution in [0.2, 0.25) is 0 Å². The average molecular weight is 379 g/mol. The van der Waals surface area contributed by atoms with Crippen LogP contribution in [-0.2, 0) is 11.3 Å². The van der Waals surface area contributed by atoms with Gasteiger partial charge in [-0.05, 0) is 44.0 Å². The number of hydrogen-bond donors (Lipinski definition) is 1. The molecule has 1 amide bonds. The lowest BCUT2D eigenvalue weighted by atomic mass is 10.1. The molecule has 1 fully saturated rings. The summed E-state index contributed by atoms with van der Waals surface area (Å²) in [7, 11) is 3.12. The summed E-state index contributed by atoms with van der Waals surface area (Å²) in [5, 5.41) is 6.79. The minimum absolute atomic E-state index is 0.102. The molecule has 146 valence electrons. The topological polar surface area (TPSA) is 65.4 Å². The molecule has 0 bridgehead atoms. The van der Waals surface area contributed by atoms with Crippen molar-refractivity contribution in [3.05, 3.63) is 41.2 Å². The lowest BCUT2D eigenvalue weighted by molar-refractivity contribution is -0.122. The highest BCUT2D eigenvalue weighted by atomic mass is 19.3. The highest BCUT2D eigenvalue weighted by Crippen LogP contribution is 2.41. The highest BCUT2D eigenvalue weighted by Gasteiger charge is 2.30. The minimum atomic E-state index is -2.65. The molecule has 27 heavy (non-hydrogen) atoms. The molecule has 1 N–H and O–H groups in total. The van der Waals surface area contributed by atoms with Gasteiger partial charge in [-0.1, -0.05) is 0 Å². The van der Waals surface area contributed by atoms with Crippen LogP contribution in [-0.4, -0.2) is 29.9 Å². The fourth-order valence-electron chi connectivity index (χ4n) is 3.07. The van der Waals surface area contributed by atoms with Crippen LogP contribution in [0, 0.1) is 0 Å². The molecule has 1 aliphatic carbocycles. The normalized spacial score (nSPS) is 14.9. The Bertz CT molecular complexity index is 819. The number of ether oxygens (including phenoxy) is 2. The molecule has 2 aromatic rings. The fourth-order valence-corrected chi connectivity index (χ4v) is 3.07. The highest BCUT2D eigenvalue weighted by molar-refractivity contribution is 5.76. The first-order valence-electron chi connectivity index (χ1n) is 8.80. The van der Waals surface area contributed by atoms with Gasteiger partial charge in [0.15, 0.2) is 0 Å². The second kappa shape index (κ2) is 7.94. The van der Waals surface area contributed by atoms with Crippen LogP contribution in [0.15, 0.2) is 24.3 Å². The third kappa shape index (κ3) is 4.37. The van der Waals surface area contributed by atoms with Crippen LogP contribution in [0.3, 0.4) is 0 Å². The number of rotatable bonds is 8. The number of alkyl halides is 2. The van der Waals surface area contributed by atoms with E-state index in [2.05, 4.69) is 10.4 Å². The van der Waals surface area contributed by atoms with Gasteiger partial charge in [0, 0.05) is 17.2 Å². The predicted octanol–water partition coefficient (Wildman–Crippen LogP) is 3.59. The van der Waals surface area contributed by atoms with E-state index < -0.39 is 6.43 Å². The molecule has 0 saturated heterocycles. The third-order valence-corrected chi connectivity index (χ3v) is 4.62. The van der Waals surface area contributed by atoms with E-state index in [4.69, 9.17) is 9.47 Å². The largest absolute Gasteiger partial charge is 0.497 e. The number of aromatic nitrogens is 2. The Labute approximate surface area is 156 Å². The second-order valence-electron chi connectivity index (χ2n) is 6.62. The van der Waals surface area contributed by atoms with E-state index in [0.29, 0.717) is 17.2 Å². The number of benzene rings is 1. The van der Waals surface area contributed by atoms with Gasteiger partial charge in [-0.2, -0.15) is 5.10 Å². The first-order valence-corrected chi connectivity index (χ1v) is 8.80. The van der Waals surface area contributed by atoms with Crippen molar-refractivity contribution in [2.45, 2.75) is 44.7 Å². The quantitative estimate of drug-likeness (QED) is 0.761. The Kier molecular flexibility index (Phi) is 5.62. The first kappa shape index (κ1) is 19.1. The summed E-state index contributed by atoms with van der Waals surface area (Å²) in [6, 6.07) is 6.39. The lowest BCUT2D eigenvalue weighted by Crippen LogP contribution is -2.31. The van der Waals surface area contributed by atoms with Gasteiger partial charge in [0.25, 0.3) is 6.43 Å². The Balaban J connectivity index is 1.73. The van der Waals surface area contributed by atoms with Crippen molar-refractivity contribution in [3.8, 4) is 11.5 Å². The summed E-state index contributed by atoms with van der Waals surface area (Å²) in [6.45, 7) is 1.72. The summed E-state index contributed by atoms with van der Waals surface area (Å²) >= 11 is 0.